The van der Waals surface area contributed by atoms with Crippen LogP contribution in [0.5, 0.6) is 0 Å². The molecule has 1 rings (SSSR count). The number of hydrogen-bond donors (Lipinski definition) is 3. The Labute approximate surface area is 145 Å². The molecule has 1 amide bonds. The molecule has 0 unspecified atom stereocenters. The van der Waals surface area contributed by atoms with Gasteiger partial charge < -0.3 is 16.4 Å². The summed E-state index contributed by atoms with van der Waals surface area (Å²) in [6, 6.07) is 9.06. The first kappa shape index (κ1) is 20.3. The molecule has 24 heavy (non-hydrogen) atoms. The van der Waals surface area contributed by atoms with Gasteiger partial charge in [0.05, 0.1) is 12.1 Å². The van der Waals surface area contributed by atoms with Crippen LogP contribution in [0.1, 0.15) is 38.7 Å². The van der Waals surface area contributed by atoms with E-state index in [2.05, 4.69) is 10.6 Å². The maximum absolute atomic E-state index is 12.6. The van der Waals surface area contributed by atoms with Crippen LogP contribution >= 0.6 is 0 Å². The summed E-state index contributed by atoms with van der Waals surface area (Å²) in [5, 5.41) is 5.98. The molecule has 4 N–H and O–H groups in total. The first-order valence-corrected chi connectivity index (χ1v) is 8.75. The maximum atomic E-state index is 12.6. The minimum atomic E-state index is -0.435. The minimum absolute atomic E-state index is 0.0786. The maximum Gasteiger partial charge on any atom is 0.238 e. The fraction of sp³-hybridized carbons (Fsp3) is 0.579. The first-order valence-electron chi connectivity index (χ1n) is 8.75. The van der Waals surface area contributed by atoms with Crippen molar-refractivity contribution in [2.75, 3.05) is 13.6 Å². The summed E-state index contributed by atoms with van der Waals surface area (Å²) in [7, 11) is 1.76. The van der Waals surface area contributed by atoms with Crippen molar-refractivity contribution in [2.45, 2.75) is 51.6 Å². The molecule has 1 aromatic carbocycles. The number of ketones is 1. The lowest BCUT2D eigenvalue weighted by atomic mass is 9.96. The molecule has 5 heteroatoms. The van der Waals surface area contributed by atoms with Crippen LogP contribution in [0.4, 0.5) is 0 Å². The summed E-state index contributed by atoms with van der Waals surface area (Å²) in [6.07, 6.45) is 2.93. The molecule has 0 aromatic heterocycles. The van der Waals surface area contributed by atoms with Crippen molar-refractivity contribution >= 4 is 11.7 Å². The van der Waals surface area contributed by atoms with E-state index in [0.29, 0.717) is 19.4 Å². The van der Waals surface area contributed by atoms with E-state index in [1.807, 2.05) is 44.2 Å². The van der Waals surface area contributed by atoms with Gasteiger partial charge in [-0.05, 0) is 44.8 Å². The van der Waals surface area contributed by atoms with E-state index in [4.69, 9.17) is 5.73 Å². The molecule has 0 saturated carbocycles. The summed E-state index contributed by atoms with van der Waals surface area (Å²) >= 11 is 0. The molecule has 0 spiro atoms. The average molecular weight is 333 g/mol. The van der Waals surface area contributed by atoms with Crippen molar-refractivity contribution in [3.05, 3.63) is 35.9 Å². The monoisotopic (exact) mass is 333 g/mol. The SMILES string of the molecule is CN[C@@H](Cc1ccccc1)C(=O)N[C@@H](CCCCN)C(=O)C(C)C. The normalized spacial score (nSPS) is 13.5. The number of rotatable bonds is 11. The van der Waals surface area contributed by atoms with Gasteiger partial charge in [-0.1, -0.05) is 44.2 Å². The van der Waals surface area contributed by atoms with Crippen molar-refractivity contribution in [1.82, 2.24) is 10.6 Å². The van der Waals surface area contributed by atoms with Gasteiger partial charge in [-0.2, -0.15) is 0 Å². The summed E-state index contributed by atoms with van der Waals surface area (Å²) in [5.41, 5.74) is 6.61. The first-order chi connectivity index (χ1) is 11.5. The number of benzene rings is 1. The van der Waals surface area contributed by atoms with E-state index in [-0.39, 0.29) is 23.7 Å². The lowest BCUT2D eigenvalue weighted by Crippen LogP contribution is -2.51. The summed E-state index contributed by atoms with van der Waals surface area (Å²) < 4.78 is 0. The third-order valence-corrected chi connectivity index (χ3v) is 4.12. The summed E-state index contributed by atoms with van der Waals surface area (Å²) in [5.74, 6) is -0.154. The Morgan fingerprint density at radius 1 is 1.08 bits per heavy atom. The number of nitrogens with two attached hydrogens (primary N) is 1. The quantitative estimate of drug-likeness (QED) is 0.538. The highest BCUT2D eigenvalue weighted by Gasteiger charge is 2.26. The van der Waals surface area contributed by atoms with Crippen LogP contribution < -0.4 is 16.4 Å². The van der Waals surface area contributed by atoms with Crippen LogP contribution in [-0.4, -0.2) is 37.4 Å². The van der Waals surface area contributed by atoms with Crippen molar-refractivity contribution in [1.29, 1.82) is 0 Å². The van der Waals surface area contributed by atoms with Crippen molar-refractivity contribution < 1.29 is 9.59 Å². The van der Waals surface area contributed by atoms with E-state index in [0.717, 1.165) is 18.4 Å². The van der Waals surface area contributed by atoms with Gasteiger partial charge in [0.2, 0.25) is 5.91 Å². The number of carbonyl (C=O) groups excluding carboxylic acids is 2. The number of unbranched alkanes of at least 4 members (excludes halogenated alkanes) is 1. The van der Waals surface area contributed by atoms with Gasteiger partial charge in [0, 0.05) is 5.92 Å². The number of Topliss-reactive ketones (excluding diaryl/α,β-unsaturated/α-hetero) is 1. The standard InChI is InChI=1S/C19H31N3O2/c1-14(2)18(23)16(11-7-8-12-20)22-19(24)17(21-3)13-15-9-5-4-6-10-15/h4-6,9-10,14,16-17,21H,7-8,11-13,20H2,1-3H3,(H,22,24)/t16-,17-/m0/s1. The number of nitrogens with one attached hydrogen (secondary N) is 2. The molecule has 0 radical (unpaired) electrons. The smallest absolute Gasteiger partial charge is 0.238 e. The molecule has 5 nitrogen and oxygen atoms in total. The summed E-state index contributed by atoms with van der Waals surface area (Å²) in [6.45, 7) is 4.33. The van der Waals surface area contributed by atoms with Crippen LogP contribution in [-0.2, 0) is 16.0 Å². The van der Waals surface area contributed by atoms with Crippen LogP contribution in [0, 0.1) is 5.92 Å². The highest BCUT2D eigenvalue weighted by molar-refractivity contribution is 5.91. The average Bonchev–Trinajstić information content (AvgIpc) is 2.58. The number of amides is 1. The zero-order valence-electron chi connectivity index (χ0n) is 15.0. The van der Waals surface area contributed by atoms with E-state index in [9.17, 15) is 9.59 Å². The van der Waals surface area contributed by atoms with Crippen LogP contribution in [0.2, 0.25) is 0 Å². The van der Waals surface area contributed by atoms with E-state index in [1.165, 1.54) is 0 Å². The fourth-order valence-corrected chi connectivity index (χ4v) is 2.63. The largest absolute Gasteiger partial charge is 0.345 e. The number of likely N-dealkylation sites (N-methyl/N-ethyl adjacent to an activating group) is 1. The Balaban J connectivity index is 2.70. The lowest BCUT2D eigenvalue weighted by Gasteiger charge is -2.23. The lowest BCUT2D eigenvalue weighted by molar-refractivity contribution is -0.130. The van der Waals surface area contributed by atoms with Gasteiger partial charge in [0.25, 0.3) is 0 Å². The van der Waals surface area contributed by atoms with Crippen molar-refractivity contribution in [3.63, 3.8) is 0 Å². The Morgan fingerprint density at radius 3 is 2.29 bits per heavy atom. The molecule has 0 bridgehead atoms. The van der Waals surface area contributed by atoms with Crippen molar-refractivity contribution in [2.24, 2.45) is 11.7 Å². The molecule has 2 atom stereocenters. The highest BCUT2D eigenvalue weighted by Crippen LogP contribution is 2.09. The highest BCUT2D eigenvalue weighted by atomic mass is 16.2. The van der Waals surface area contributed by atoms with Crippen molar-refractivity contribution in [3.8, 4) is 0 Å². The molecular formula is C19H31N3O2. The van der Waals surface area contributed by atoms with E-state index in [1.54, 1.807) is 7.05 Å². The van der Waals surface area contributed by atoms with E-state index < -0.39 is 6.04 Å². The second-order valence-corrected chi connectivity index (χ2v) is 6.43. The number of carbonyl (C=O) groups is 2. The fourth-order valence-electron chi connectivity index (χ4n) is 2.63. The zero-order chi connectivity index (χ0) is 17.9. The predicted octanol–water partition coefficient (Wildman–Crippen LogP) is 1.66. The van der Waals surface area contributed by atoms with Gasteiger partial charge in [0.1, 0.15) is 0 Å². The molecule has 1 aromatic rings. The molecule has 0 saturated heterocycles. The van der Waals surface area contributed by atoms with Crippen LogP contribution in [0.3, 0.4) is 0 Å². The van der Waals surface area contributed by atoms with Crippen LogP contribution in [0.25, 0.3) is 0 Å². The van der Waals surface area contributed by atoms with Gasteiger partial charge in [-0.15, -0.1) is 0 Å². The van der Waals surface area contributed by atoms with Gasteiger partial charge in [0.15, 0.2) is 5.78 Å². The molecular weight excluding hydrogens is 302 g/mol. The third kappa shape index (κ3) is 6.81. The molecule has 0 heterocycles. The summed E-state index contributed by atoms with van der Waals surface area (Å²) in [4.78, 5) is 25.0. The Morgan fingerprint density at radius 2 is 1.75 bits per heavy atom. The second-order valence-electron chi connectivity index (χ2n) is 6.43. The molecule has 0 aliphatic rings. The van der Waals surface area contributed by atoms with Crippen LogP contribution in [0.15, 0.2) is 30.3 Å². The molecule has 0 aliphatic heterocycles. The molecule has 0 aliphatic carbocycles. The van der Waals surface area contributed by atoms with E-state index >= 15 is 0 Å². The third-order valence-electron chi connectivity index (χ3n) is 4.12. The zero-order valence-corrected chi connectivity index (χ0v) is 15.0. The Kier molecular flexibility index (Phi) is 9.27. The van der Waals surface area contributed by atoms with Gasteiger partial charge in [-0.3, -0.25) is 9.59 Å². The number of hydrogen-bond acceptors (Lipinski definition) is 4. The Bertz CT molecular complexity index is 503. The topological polar surface area (TPSA) is 84.2 Å². The second kappa shape index (κ2) is 10.9. The minimum Gasteiger partial charge on any atom is -0.345 e. The van der Waals surface area contributed by atoms with Gasteiger partial charge >= 0.3 is 0 Å². The molecule has 134 valence electrons. The molecule has 0 fully saturated rings. The predicted molar refractivity (Wildman–Crippen MR) is 97.7 cm³/mol. The Hall–Kier alpha value is -1.72. The van der Waals surface area contributed by atoms with Gasteiger partial charge in [-0.25, -0.2) is 0 Å².